The van der Waals surface area contributed by atoms with Crippen LogP contribution in [-0.2, 0) is 0 Å². The smallest absolute Gasteiger partial charge is 0.251 e. The molecule has 1 amide bonds. The number of aliphatic hydroxyl groups excluding tert-OH is 1. The van der Waals surface area contributed by atoms with E-state index in [0.717, 1.165) is 12.1 Å². The number of nitrogens with one attached hydrogen (secondary N) is 1. The zero-order chi connectivity index (χ0) is 14.7. The van der Waals surface area contributed by atoms with Gasteiger partial charge in [-0.3, -0.25) is 4.79 Å². The molecule has 0 spiro atoms. The molecule has 0 radical (unpaired) electrons. The van der Waals surface area contributed by atoms with Gasteiger partial charge in [-0.1, -0.05) is 18.2 Å². The third-order valence-electron chi connectivity index (χ3n) is 3.60. The van der Waals surface area contributed by atoms with Crippen LogP contribution in [0.5, 0.6) is 0 Å². The van der Waals surface area contributed by atoms with E-state index in [0.29, 0.717) is 5.56 Å². The molecule has 2 aromatic rings. The van der Waals surface area contributed by atoms with Crippen LogP contribution < -0.4 is 5.32 Å². The van der Waals surface area contributed by atoms with Gasteiger partial charge in [0.15, 0.2) is 0 Å². The van der Waals surface area contributed by atoms with Crippen LogP contribution in [0.25, 0.3) is 5.69 Å². The lowest BCUT2D eigenvalue weighted by molar-refractivity contribution is 0.0941. The van der Waals surface area contributed by atoms with Crippen LogP contribution in [0.4, 0.5) is 0 Å². The molecular weight excluding hydrogens is 266 g/mol. The molecule has 0 aliphatic heterocycles. The zero-order valence-corrected chi connectivity index (χ0v) is 11.5. The Bertz CT molecular complexity index is 649. The van der Waals surface area contributed by atoms with E-state index in [1.807, 2.05) is 42.6 Å². The minimum absolute atomic E-state index is 0.0111. The molecule has 0 fully saturated rings. The molecule has 1 heterocycles. The van der Waals surface area contributed by atoms with Crippen molar-refractivity contribution in [2.24, 2.45) is 5.92 Å². The molecule has 108 valence electrons. The molecule has 5 nitrogen and oxygen atoms in total. The second-order valence-corrected chi connectivity index (χ2v) is 5.14. The Morgan fingerprint density at radius 3 is 3.00 bits per heavy atom. The lowest BCUT2D eigenvalue weighted by atomic mass is 10.1. The fourth-order valence-corrected chi connectivity index (χ4v) is 2.48. The summed E-state index contributed by atoms with van der Waals surface area (Å²) < 4.78 is 1.72. The van der Waals surface area contributed by atoms with Crippen molar-refractivity contribution in [2.45, 2.75) is 12.5 Å². The summed E-state index contributed by atoms with van der Waals surface area (Å²) in [7, 11) is 0. The summed E-state index contributed by atoms with van der Waals surface area (Å²) in [5.74, 6) is 0.0305. The van der Waals surface area contributed by atoms with Crippen molar-refractivity contribution in [3.8, 4) is 5.69 Å². The largest absolute Gasteiger partial charge is 0.396 e. The Labute approximate surface area is 122 Å². The average Bonchev–Trinajstić information content (AvgIpc) is 3.18. The molecule has 3 rings (SSSR count). The molecule has 1 aliphatic carbocycles. The first-order valence-electron chi connectivity index (χ1n) is 6.96. The summed E-state index contributed by atoms with van der Waals surface area (Å²) in [5.41, 5.74) is 1.45. The fourth-order valence-electron chi connectivity index (χ4n) is 2.48. The quantitative estimate of drug-likeness (QED) is 0.836. The van der Waals surface area contributed by atoms with Crippen LogP contribution in [0, 0.1) is 5.92 Å². The molecule has 21 heavy (non-hydrogen) atoms. The third-order valence-corrected chi connectivity index (χ3v) is 3.60. The Balaban J connectivity index is 1.71. The maximum atomic E-state index is 12.3. The number of carbonyl (C=O) groups excluding carboxylic acids is 1. The van der Waals surface area contributed by atoms with Crippen LogP contribution in [0.3, 0.4) is 0 Å². The normalized spacial score (nSPS) is 20.6. The second kappa shape index (κ2) is 5.93. The Morgan fingerprint density at radius 1 is 1.38 bits per heavy atom. The molecule has 0 saturated carbocycles. The number of benzene rings is 1. The number of rotatable bonds is 4. The minimum atomic E-state index is -0.114. The highest BCUT2D eigenvalue weighted by Crippen LogP contribution is 2.18. The molecule has 1 aromatic carbocycles. The lowest BCUT2D eigenvalue weighted by Crippen LogP contribution is -2.32. The predicted octanol–water partition coefficient (Wildman–Crippen LogP) is 1.54. The van der Waals surface area contributed by atoms with Crippen LogP contribution >= 0.6 is 0 Å². The standard InChI is InChI=1S/C16H17N3O2/c20-11-12-5-6-14(9-12)18-16(21)13-3-1-4-15(10-13)19-8-2-7-17-19/h1-8,10,12,14,20H,9,11H2,(H,18,21)/t12-,14+/m0/s1. The Kier molecular flexibility index (Phi) is 3.83. The van der Waals surface area contributed by atoms with Crippen molar-refractivity contribution in [2.75, 3.05) is 6.61 Å². The van der Waals surface area contributed by atoms with E-state index >= 15 is 0 Å². The molecular formula is C16H17N3O2. The average molecular weight is 283 g/mol. The van der Waals surface area contributed by atoms with Gasteiger partial charge in [-0.05, 0) is 30.7 Å². The molecule has 2 atom stereocenters. The molecule has 0 bridgehead atoms. The van der Waals surface area contributed by atoms with Gasteiger partial charge in [0, 0.05) is 36.5 Å². The van der Waals surface area contributed by atoms with Gasteiger partial charge in [0.05, 0.1) is 5.69 Å². The summed E-state index contributed by atoms with van der Waals surface area (Å²) in [4.78, 5) is 12.3. The van der Waals surface area contributed by atoms with E-state index in [1.165, 1.54) is 0 Å². The Morgan fingerprint density at radius 2 is 2.29 bits per heavy atom. The van der Waals surface area contributed by atoms with Gasteiger partial charge >= 0.3 is 0 Å². The molecule has 0 unspecified atom stereocenters. The predicted molar refractivity (Wildman–Crippen MR) is 79.2 cm³/mol. The van der Waals surface area contributed by atoms with Crippen LogP contribution in [-0.4, -0.2) is 33.4 Å². The van der Waals surface area contributed by atoms with Crippen molar-refractivity contribution in [1.82, 2.24) is 15.1 Å². The fraction of sp³-hybridized carbons (Fsp3) is 0.250. The maximum absolute atomic E-state index is 12.3. The summed E-state index contributed by atoms with van der Waals surface area (Å²) in [5, 5.41) is 16.2. The van der Waals surface area contributed by atoms with Crippen molar-refractivity contribution < 1.29 is 9.90 Å². The summed E-state index contributed by atoms with van der Waals surface area (Å²) in [6.07, 6.45) is 8.18. The van der Waals surface area contributed by atoms with Crippen LogP contribution in [0.2, 0.25) is 0 Å². The summed E-state index contributed by atoms with van der Waals surface area (Å²) in [6, 6.07) is 9.16. The van der Waals surface area contributed by atoms with E-state index < -0.39 is 0 Å². The summed E-state index contributed by atoms with van der Waals surface area (Å²) >= 11 is 0. The van der Waals surface area contributed by atoms with E-state index in [4.69, 9.17) is 5.11 Å². The second-order valence-electron chi connectivity index (χ2n) is 5.14. The van der Waals surface area contributed by atoms with Gasteiger partial charge in [-0.15, -0.1) is 0 Å². The van der Waals surface area contributed by atoms with Crippen molar-refractivity contribution in [3.05, 3.63) is 60.4 Å². The number of aliphatic hydroxyl groups is 1. The van der Waals surface area contributed by atoms with Gasteiger partial charge in [0.1, 0.15) is 0 Å². The third kappa shape index (κ3) is 3.03. The highest BCUT2D eigenvalue weighted by molar-refractivity contribution is 5.95. The van der Waals surface area contributed by atoms with E-state index in [-0.39, 0.29) is 24.5 Å². The summed E-state index contributed by atoms with van der Waals surface area (Å²) in [6.45, 7) is 0.123. The van der Waals surface area contributed by atoms with Gasteiger partial charge < -0.3 is 10.4 Å². The topological polar surface area (TPSA) is 67.2 Å². The number of hydrogen-bond acceptors (Lipinski definition) is 3. The molecule has 0 saturated heterocycles. The highest BCUT2D eigenvalue weighted by Gasteiger charge is 2.20. The molecule has 2 N–H and O–H groups in total. The first-order valence-corrected chi connectivity index (χ1v) is 6.96. The zero-order valence-electron chi connectivity index (χ0n) is 11.5. The number of carbonyl (C=O) groups is 1. The molecule has 5 heteroatoms. The monoisotopic (exact) mass is 283 g/mol. The number of nitrogens with zero attached hydrogens (tertiary/aromatic N) is 2. The van der Waals surface area contributed by atoms with E-state index in [1.54, 1.807) is 16.9 Å². The first kappa shape index (κ1) is 13.6. The van der Waals surface area contributed by atoms with Gasteiger partial charge in [0.2, 0.25) is 0 Å². The Hall–Kier alpha value is -2.40. The van der Waals surface area contributed by atoms with E-state index in [2.05, 4.69) is 10.4 Å². The van der Waals surface area contributed by atoms with Crippen molar-refractivity contribution in [3.63, 3.8) is 0 Å². The van der Waals surface area contributed by atoms with Gasteiger partial charge in [-0.2, -0.15) is 5.10 Å². The number of hydrogen-bond donors (Lipinski definition) is 2. The molecule has 1 aliphatic rings. The van der Waals surface area contributed by atoms with Crippen molar-refractivity contribution in [1.29, 1.82) is 0 Å². The number of aromatic nitrogens is 2. The molecule has 1 aromatic heterocycles. The van der Waals surface area contributed by atoms with Crippen LogP contribution in [0.1, 0.15) is 16.8 Å². The first-order chi connectivity index (χ1) is 10.3. The number of amides is 1. The van der Waals surface area contributed by atoms with E-state index in [9.17, 15) is 4.79 Å². The lowest BCUT2D eigenvalue weighted by Gasteiger charge is -2.13. The highest BCUT2D eigenvalue weighted by atomic mass is 16.3. The van der Waals surface area contributed by atoms with Gasteiger partial charge in [-0.25, -0.2) is 4.68 Å². The SMILES string of the molecule is O=C(N[C@@H]1C=C[C@H](CO)C1)c1cccc(-n2cccn2)c1. The minimum Gasteiger partial charge on any atom is -0.396 e. The maximum Gasteiger partial charge on any atom is 0.251 e. The van der Waals surface area contributed by atoms with Crippen molar-refractivity contribution >= 4 is 5.91 Å². The van der Waals surface area contributed by atoms with Gasteiger partial charge in [0.25, 0.3) is 5.91 Å². The van der Waals surface area contributed by atoms with Crippen LogP contribution in [0.15, 0.2) is 54.9 Å².